The Kier molecular flexibility index (Phi) is 4.79. The summed E-state index contributed by atoms with van der Waals surface area (Å²) in [6.45, 7) is 0. The van der Waals surface area contributed by atoms with Crippen LogP contribution < -0.4 is 10.1 Å². The molecule has 1 aromatic heterocycles. The molecule has 3 aromatic rings. The maximum Gasteiger partial charge on any atom is 0.291 e. The van der Waals surface area contributed by atoms with Gasteiger partial charge in [0, 0.05) is 10.6 Å². The molecule has 0 spiro atoms. The lowest BCUT2D eigenvalue weighted by molar-refractivity contribution is 0.0997. The molecule has 0 aliphatic carbocycles. The molecule has 0 saturated carbocycles. The Hall–Kier alpha value is -2.43. The van der Waals surface area contributed by atoms with Crippen molar-refractivity contribution in [1.82, 2.24) is 0 Å². The number of hydrogen-bond donors (Lipinski definition) is 1. The van der Waals surface area contributed by atoms with Crippen LogP contribution in [0.4, 0.5) is 5.69 Å². The summed E-state index contributed by atoms with van der Waals surface area (Å²) in [5, 5.41) is 3.76. The molecule has 0 aliphatic heterocycles. The van der Waals surface area contributed by atoms with Gasteiger partial charge in [-0.05, 0) is 42.5 Å². The molecule has 4 nitrogen and oxygen atoms in total. The van der Waals surface area contributed by atoms with Crippen LogP contribution in [0.3, 0.4) is 0 Å². The van der Waals surface area contributed by atoms with Gasteiger partial charge in [0.05, 0.1) is 17.8 Å². The van der Waals surface area contributed by atoms with Crippen molar-refractivity contribution in [2.75, 3.05) is 12.4 Å². The van der Waals surface area contributed by atoms with Gasteiger partial charge in [-0.2, -0.15) is 0 Å². The van der Waals surface area contributed by atoms with E-state index in [0.717, 1.165) is 5.56 Å². The first-order valence-electron chi connectivity index (χ1n) is 7.08. The summed E-state index contributed by atoms with van der Waals surface area (Å²) >= 11 is 12.1. The minimum Gasteiger partial charge on any atom is -0.495 e. The smallest absolute Gasteiger partial charge is 0.291 e. The number of halogens is 2. The number of furan rings is 1. The molecular weight excluding hydrogens is 349 g/mol. The van der Waals surface area contributed by atoms with Crippen molar-refractivity contribution < 1.29 is 13.9 Å². The molecule has 1 N–H and O–H groups in total. The van der Waals surface area contributed by atoms with Crippen molar-refractivity contribution in [3.8, 4) is 17.1 Å². The van der Waals surface area contributed by atoms with E-state index >= 15 is 0 Å². The average molecular weight is 362 g/mol. The Labute approximate surface area is 149 Å². The second-order valence-corrected chi connectivity index (χ2v) is 5.79. The largest absolute Gasteiger partial charge is 0.495 e. The zero-order valence-corrected chi connectivity index (χ0v) is 14.2. The third kappa shape index (κ3) is 3.40. The van der Waals surface area contributed by atoms with E-state index in [1.54, 1.807) is 36.4 Å². The van der Waals surface area contributed by atoms with Gasteiger partial charge in [0.1, 0.15) is 11.5 Å². The highest BCUT2D eigenvalue weighted by Gasteiger charge is 2.15. The number of amides is 1. The van der Waals surface area contributed by atoms with Gasteiger partial charge in [-0.15, -0.1) is 0 Å². The highest BCUT2D eigenvalue weighted by molar-refractivity contribution is 6.33. The van der Waals surface area contributed by atoms with Crippen molar-refractivity contribution in [3.63, 3.8) is 0 Å². The van der Waals surface area contributed by atoms with Crippen molar-refractivity contribution in [1.29, 1.82) is 0 Å². The summed E-state index contributed by atoms with van der Waals surface area (Å²) < 4.78 is 10.8. The predicted octanol–water partition coefficient (Wildman–Crippen LogP) is 5.51. The monoisotopic (exact) mass is 361 g/mol. The van der Waals surface area contributed by atoms with Gasteiger partial charge >= 0.3 is 0 Å². The molecule has 3 rings (SSSR count). The van der Waals surface area contributed by atoms with Crippen LogP contribution in [-0.2, 0) is 0 Å². The van der Waals surface area contributed by atoms with Crippen LogP contribution in [0.2, 0.25) is 10.0 Å². The quantitative estimate of drug-likeness (QED) is 0.665. The van der Waals surface area contributed by atoms with E-state index in [1.165, 1.54) is 7.11 Å². The van der Waals surface area contributed by atoms with Crippen molar-refractivity contribution >= 4 is 34.8 Å². The van der Waals surface area contributed by atoms with Gasteiger partial charge in [-0.1, -0.05) is 35.3 Å². The topological polar surface area (TPSA) is 51.5 Å². The number of carbonyl (C=O) groups is 1. The summed E-state index contributed by atoms with van der Waals surface area (Å²) in [6, 6.07) is 15.5. The third-order valence-electron chi connectivity index (χ3n) is 3.38. The first-order valence-corrected chi connectivity index (χ1v) is 7.83. The molecule has 0 aliphatic rings. The van der Waals surface area contributed by atoms with E-state index in [2.05, 4.69) is 5.32 Å². The number of nitrogens with one attached hydrogen (secondary N) is 1. The Bertz CT molecular complexity index is 889. The van der Waals surface area contributed by atoms with E-state index in [4.69, 9.17) is 32.4 Å². The fourth-order valence-corrected chi connectivity index (χ4v) is 2.63. The lowest BCUT2D eigenvalue weighted by Gasteiger charge is -2.09. The first-order chi connectivity index (χ1) is 11.6. The molecule has 1 heterocycles. The highest BCUT2D eigenvalue weighted by Crippen LogP contribution is 2.31. The maximum atomic E-state index is 12.4. The van der Waals surface area contributed by atoms with Gasteiger partial charge < -0.3 is 14.5 Å². The molecule has 2 aromatic carbocycles. The van der Waals surface area contributed by atoms with E-state index in [0.29, 0.717) is 27.2 Å². The fourth-order valence-electron chi connectivity index (χ4n) is 2.23. The second-order valence-electron chi connectivity index (χ2n) is 4.94. The summed E-state index contributed by atoms with van der Waals surface area (Å²) in [5.74, 6) is 0.773. The molecule has 122 valence electrons. The summed E-state index contributed by atoms with van der Waals surface area (Å²) in [5.41, 5.74) is 1.18. The minimum atomic E-state index is -0.408. The van der Waals surface area contributed by atoms with Crippen molar-refractivity contribution in [2.45, 2.75) is 0 Å². The molecule has 1 amide bonds. The summed E-state index contributed by atoms with van der Waals surface area (Å²) in [4.78, 5) is 12.4. The summed E-state index contributed by atoms with van der Waals surface area (Å²) in [7, 11) is 1.52. The molecule has 0 saturated heterocycles. The van der Waals surface area contributed by atoms with E-state index in [1.807, 2.05) is 18.2 Å². The normalized spacial score (nSPS) is 10.5. The zero-order chi connectivity index (χ0) is 17.1. The predicted molar refractivity (Wildman–Crippen MR) is 95.1 cm³/mol. The van der Waals surface area contributed by atoms with Crippen LogP contribution in [0.1, 0.15) is 10.6 Å². The lowest BCUT2D eigenvalue weighted by atomic mass is 10.2. The van der Waals surface area contributed by atoms with Crippen LogP contribution in [-0.4, -0.2) is 13.0 Å². The van der Waals surface area contributed by atoms with Crippen LogP contribution in [0.15, 0.2) is 59.0 Å². The van der Waals surface area contributed by atoms with Crippen LogP contribution >= 0.6 is 23.2 Å². The van der Waals surface area contributed by atoms with Gasteiger partial charge in [0.25, 0.3) is 5.91 Å². The number of ether oxygens (including phenoxy) is 1. The SMILES string of the molecule is COc1ccc(Cl)cc1NC(=O)c1ccc(-c2ccccc2Cl)o1. The molecular formula is C18H13Cl2NO3. The Morgan fingerprint density at radius 1 is 1.08 bits per heavy atom. The Balaban J connectivity index is 1.85. The number of carbonyl (C=O) groups excluding carboxylic acids is 1. The fraction of sp³-hybridized carbons (Fsp3) is 0.0556. The molecule has 0 radical (unpaired) electrons. The van der Waals surface area contributed by atoms with E-state index in [9.17, 15) is 4.79 Å². The molecule has 0 bridgehead atoms. The molecule has 0 unspecified atom stereocenters. The van der Waals surface area contributed by atoms with Crippen LogP contribution in [0.5, 0.6) is 5.75 Å². The molecule has 24 heavy (non-hydrogen) atoms. The number of anilines is 1. The standard InChI is InChI=1S/C18H13Cl2NO3/c1-23-16-7-6-11(19)10-14(16)21-18(22)17-9-8-15(24-17)12-4-2-3-5-13(12)20/h2-10H,1H3,(H,21,22). The number of methoxy groups -OCH3 is 1. The maximum absolute atomic E-state index is 12.4. The Morgan fingerprint density at radius 3 is 2.62 bits per heavy atom. The zero-order valence-electron chi connectivity index (χ0n) is 12.7. The minimum absolute atomic E-state index is 0.159. The number of benzene rings is 2. The van der Waals surface area contributed by atoms with Gasteiger partial charge in [-0.25, -0.2) is 0 Å². The second kappa shape index (κ2) is 6.99. The first kappa shape index (κ1) is 16.4. The van der Waals surface area contributed by atoms with Crippen LogP contribution in [0, 0.1) is 0 Å². The number of hydrogen-bond acceptors (Lipinski definition) is 3. The Morgan fingerprint density at radius 2 is 1.88 bits per heavy atom. The highest BCUT2D eigenvalue weighted by atomic mass is 35.5. The van der Waals surface area contributed by atoms with Crippen molar-refractivity contribution in [3.05, 3.63) is 70.4 Å². The molecule has 0 atom stereocenters. The van der Waals surface area contributed by atoms with Crippen LogP contribution in [0.25, 0.3) is 11.3 Å². The number of rotatable bonds is 4. The van der Waals surface area contributed by atoms with E-state index in [-0.39, 0.29) is 5.76 Å². The van der Waals surface area contributed by atoms with Gasteiger partial charge in [-0.3, -0.25) is 4.79 Å². The summed E-state index contributed by atoms with van der Waals surface area (Å²) in [6.07, 6.45) is 0. The van der Waals surface area contributed by atoms with Gasteiger partial charge in [0.15, 0.2) is 5.76 Å². The lowest BCUT2D eigenvalue weighted by Crippen LogP contribution is -2.11. The molecule has 6 heteroatoms. The van der Waals surface area contributed by atoms with Gasteiger partial charge in [0.2, 0.25) is 0 Å². The van der Waals surface area contributed by atoms with Crippen molar-refractivity contribution in [2.24, 2.45) is 0 Å². The molecule has 0 fully saturated rings. The average Bonchev–Trinajstić information content (AvgIpc) is 3.05. The third-order valence-corrected chi connectivity index (χ3v) is 3.94. The van der Waals surface area contributed by atoms with E-state index < -0.39 is 5.91 Å².